The van der Waals surface area contributed by atoms with E-state index in [2.05, 4.69) is 10.6 Å². The molecule has 17 heteroatoms. The van der Waals surface area contributed by atoms with Gasteiger partial charge in [0, 0.05) is 19.0 Å². The van der Waals surface area contributed by atoms with Crippen molar-refractivity contribution >= 4 is 38.7 Å². The van der Waals surface area contributed by atoms with Gasteiger partial charge in [-0.1, -0.05) is 0 Å². The topological polar surface area (TPSA) is 217 Å². The fraction of sp³-hybridized carbons (Fsp3) is 0.846. The summed E-state index contributed by atoms with van der Waals surface area (Å²) in [6.45, 7) is 0.0900. The van der Waals surface area contributed by atoms with Crippen LogP contribution in [0.4, 0.5) is 4.79 Å². The lowest BCUT2D eigenvalue weighted by Gasteiger charge is -2.29. The van der Waals surface area contributed by atoms with E-state index < -0.39 is 44.7 Å². The van der Waals surface area contributed by atoms with E-state index in [1.165, 1.54) is 4.90 Å². The Kier molecular flexibility index (Phi) is 9.84. The molecule has 1 heterocycles. The van der Waals surface area contributed by atoms with E-state index in [4.69, 9.17) is 31.2 Å². The number of nitrogens with one attached hydrogen (secondary N) is 1. The van der Waals surface area contributed by atoms with Gasteiger partial charge in [0.2, 0.25) is 5.91 Å². The number of carbonyl (C=O) groups is 2. The molecular formula is C13H25ClN4O10P2. The van der Waals surface area contributed by atoms with Crippen molar-refractivity contribution in [3.8, 4) is 0 Å². The SMILES string of the molecule is O=NN(CCCl)C(=O)N1CCC[C@H]1C(=O)NCCCCC(O)(P(=O)(O)O)P(=O)(O)O. The average molecular weight is 495 g/mol. The second-order valence-corrected chi connectivity index (χ2v) is 11.0. The predicted octanol–water partition coefficient (Wildman–Crippen LogP) is 0.0810. The van der Waals surface area contributed by atoms with Gasteiger partial charge >= 0.3 is 21.2 Å². The third-order valence-electron chi connectivity index (χ3n) is 4.59. The molecule has 0 aliphatic carbocycles. The number of halogens is 1. The van der Waals surface area contributed by atoms with Crippen molar-refractivity contribution < 1.29 is 43.4 Å². The summed E-state index contributed by atoms with van der Waals surface area (Å²) in [5, 5.41) is 12.0. The van der Waals surface area contributed by atoms with Gasteiger partial charge in [-0.3, -0.25) is 13.9 Å². The molecule has 3 amide bonds. The smallest absolute Gasteiger partial charge is 0.368 e. The maximum absolute atomic E-state index is 12.4. The molecule has 1 rings (SSSR count). The molecule has 0 unspecified atom stereocenters. The molecule has 0 aromatic heterocycles. The molecule has 1 saturated heterocycles. The molecule has 0 bridgehead atoms. The average Bonchev–Trinajstić information content (AvgIpc) is 3.13. The first-order valence-electron chi connectivity index (χ1n) is 8.89. The van der Waals surface area contributed by atoms with Gasteiger partial charge < -0.3 is 34.9 Å². The third-order valence-corrected chi connectivity index (χ3v) is 8.63. The van der Waals surface area contributed by atoms with Crippen LogP contribution in [-0.2, 0) is 13.9 Å². The number of alkyl halides is 1. The molecule has 1 aliphatic rings. The number of hydrogen-bond donors (Lipinski definition) is 6. The minimum atomic E-state index is -5.52. The Bertz CT molecular complexity index is 707. The van der Waals surface area contributed by atoms with Crippen LogP contribution in [0.5, 0.6) is 0 Å². The number of urea groups is 1. The molecule has 0 saturated carbocycles. The number of carbonyl (C=O) groups excluding carboxylic acids is 2. The van der Waals surface area contributed by atoms with Crippen LogP contribution in [0.15, 0.2) is 5.29 Å². The van der Waals surface area contributed by atoms with Crippen molar-refractivity contribution in [1.82, 2.24) is 15.2 Å². The molecular weight excluding hydrogens is 470 g/mol. The Morgan fingerprint density at radius 3 is 2.30 bits per heavy atom. The van der Waals surface area contributed by atoms with Crippen molar-refractivity contribution in [3.63, 3.8) is 0 Å². The molecule has 0 radical (unpaired) electrons. The minimum Gasteiger partial charge on any atom is -0.368 e. The van der Waals surface area contributed by atoms with Gasteiger partial charge in [0.1, 0.15) is 6.04 Å². The molecule has 0 aromatic carbocycles. The lowest BCUT2D eigenvalue weighted by molar-refractivity contribution is -0.124. The molecule has 0 spiro atoms. The third kappa shape index (κ3) is 6.44. The van der Waals surface area contributed by atoms with Gasteiger partial charge in [-0.05, 0) is 32.1 Å². The zero-order valence-corrected chi connectivity index (χ0v) is 18.4. The summed E-state index contributed by atoms with van der Waals surface area (Å²) in [6.07, 6.45) is -0.179. The first kappa shape index (κ1) is 26.9. The molecule has 14 nitrogen and oxygen atoms in total. The number of amides is 3. The summed E-state index contributed by atoms with van der Waals surface area (Å²) in [7, 11) is -11.0. The van der Waals surface area contributed by atoms with Crippen LogP contribution in [0.3, 0.4) is 0 Å². The number of aliphatic hydroxyl groups is 1. The highest BCUT2D eigenvalue weighted by atomic mass is 35.5. The van der Waals surface area contributed by atoms with E-state index in [1.807, 2.05) is 0 Å². The molecule has 174 valence electrons. The second-order valence-electron chi connectivity index (χ2n) is 6.64. The number of likely N-dealkylation sites (tertiary alicyclic amines) is 1. The van der Waals surface area contributed by atoms with Gasteiger partial charge in [-0.25, -0.2) is 4.79 Å². The number of nitroso groups, excluding NO2 is 1. The highest BCUT2D eigenvalue weighted by Crippen LogP contribution is 2.69. The normalized spacial score (nSPS) is 17.7. The fourth-order valence-electron chi connectivity index (χ4n) is 2.95. The van der Waals surface area contributed by atoms with E-state index in [0.29, 0.717) is 17.9 Å². The molecule has 6 N–H and O–H groups in total. The van der Waals surface area contributed by atoms with E-state index in [-0.39, 0.29) is 38.4 Å². The summed E-state index contributed by atoms with van der Waals surface area (Å²) < 4.78 is 22.5. The zero-order chi connectivity index (χ0) is 23.2. The molecule has 0 aromatic rings. The summed E-state index contributed by atoms with van der Waals surface area (Å²) >= 11 is 5.51. The minimum absolute atomic E-state index is 0.0161. The Hall–Kier alpha value is -1.11. The van der Waals surface area contributed by atoms with E-state index in [9.17, 15) is 28.7 Å². The van der Waals surface area contributed by atoms with Crippen LogP contribution in [-0.4, -0.2) is 83.2 Å². The summed E-state index contributed by atoms with van der Waals surface area (Å²) in [5.41, 5.74) is 0. The number of hydrogen-bond acceptors (Lipinski definition) is 7. The number of nitrogens with zero attached hydrogens (tertiary/aromatic N) is 3. The fourth-order valence-corrected chi connectivity index (χ4v) is 5.36. The monoisotopic (exact) mass is 494 g/mol. The quantitative estimate of drug-likeness (QED) is 0.0746. The first-order chi connectivity index (χ1) is 13.8. The van der Waals surface area contributed by atoms with Crippen LogP contribution in [0.2, 0.25) is 0 Å². The van der Waals surface area contributed by atoms with Crippen molar-refractivity contribution in [1.29, 1.82) is 0 Å². The maximum atomic E-state index is 12.4. The van der Waals surface area contributed by atoms with Gasteiger partial charge in [-0.2, -0.15) is 5.01 Å². The summed E-state index contributed by atoms with van der Waals surface area (Å²) in [4.78, 5) is 72.9. The Labute approximate surface area is 176 Å². The van der Waals surface area contributed by atoms with Crippen LogP contribution in [0.1, 0.15) is 32.1 Å². The highest BCUT2D eigenvalue weighted by molar-refractivity contribution is 7.72. The summed E-state index contributed by atoms with van der Waals surface area (Å²) in [6, 6.07) is -1.60. The molecule has 1 aliphatic heterocycles. The van der Waals surface area contributed by atoms with Gasteiger partial charge in [0.25, 0.3) is 5.08 Å². The Morgan fingerprint density at radius 1 is 1.20 bits per heavy atom. The zero-order valence-electron chi connectivity index (χ0n) is 15.8. The van der Waals surface area contributed by atoms with Gasteiger partial charge in [-0.15, -0.1) is 16.5 Å². The van der Waals surface area contributed by atoms with E-state index >= 15 is 0 Å². The second kappa shape index (κ2) is 11.0. The molecule has 1 atom stereocenters. The number of unbranched alkanes of at least 4 members (excludes halogenated alkanes) is 1. The molecule has 30 heavy (non-hydrogen) atoms. The largest absolute Gasteiger partial charge is 0.369 e. The van der Waals surface area contributed by atoms with E-state index in [0.717, 1.165) is 0 Å². The maximum Gasteiger partial charge on any atom is 0.369 e. The Morgan fingerprint density at radius 2 is 1.80 bits per heavy atom. The van der Waals surface area contributed by atoms with Crippen molar-refractivity contribution in [2.75, 3.05) is 25.5 Å². The van der Waals surface area contributed by atoms with Crippen molar-refractivity contribution in [2.45, 2.75) is 43.2 Å². The van der Waals surface area contributed by atoms with E-state index in [1.54, 1.807) is 0 Å². The van der Waals surface area contributed by atoms with Crippen LogP contribution in [0.25, 0.3) is 0 Å². The van der Waals surface area contributed by atoms with Crippen molar-refractivity contribution in [3.05, 3.63) is 4.91 Å². The number of rotatable bonds is 11. The van der Waals surface area contributed by atoms with Gasteiger partial charge in [0.15, 0.2) is 0 Å². The van der Waals surface area contributed by atoms with Gasteiger partial charge in [0.05, 0.1) is 11.8 Å². The predicted molar refractivity (Wildman–Crippen MR) is 104 cm³/mol. The lowest BCUT2D eigenvalue weighted by Crippen LogP contribution is -2.50. The summed E-state index contributed by atoms with van der Waals surface area (Å²) in [5.74, 6) is -0.546. The molecule has 1 fully saturated rings. The standard InChI is InChI=1S/C13H25ClN4O10P2/c14-6-9-18(16-22)12(20)17-8-3-4-10(17)11(19)15-7-2-1-5-13(21,29(23,24)25)30(26,27)28/h10,21H,1-9H2,(H,15,19)(H2,23,24,25)(H2,26,27,28)/t10-/m0/s1. The Balaban J connectivity index is 2.58. The van der Waals surface area contributed by atoms with Crippen LogP contribution in [0, 0.1) is 4.91 Å². The van der Waals surface area contributed by atoms with Crippen LogP contribution < -0.4 is 5.32 Å². The lowest BCUT2D eigenvalue weighted by atomic mass is 10.2. The van der Waals surface area contributed by atoms with Crippen molar-refractivity contribution in [2.24, 2.45) is 5.29 Å². The first-order valence-corrected chi connectivity index (χ1v) is 12.6. The van der Waals surface area contributed by atoms with Crippen LogP contribution >= 0.6 is 26.8 Å². The highest BCUT2D eigenvalue weighted by Gasteiger charge is 2.58.